The van der Waals surface area contributed by atoms with E-state index in [2.05, 4.69) is 4.98 Å². The number of aromatic amines is 1. The third kappa shape index (κ3) is 1.52. The first-order chi connectivity index (χ1) is 8.99. The summed E-state index contributed by atoms with van der Waals surface area (Å²) in [5.74, 6) is -1.70. The molecule has 19 heavy (non-hydrogen) atoms. The molecule has 2 aromatic carbocycles. The molecule has 0 saturated heterocycles. The van der Waals surface area contributed by atoms with Crippen molar-refractivity contribution < 1.29 is 15.3 Å². The second-order valence-electron chi connectivity index (χ2n) is 4.52. The van der Waals surface area contributed by atoms with E-state index in [-0.39, 0.29) is 16.3 Å². The molecule has 5 nitrogen and oxygen atoms in total. The first-order valence-corrected chi connectivity index (χ1v) is 5.69. The van der Waals surface area contributed by atoms with Gasteiger partial charge in [0.05, 0.1) is 16.4 Å². The molecule has 0 unspecified atom stereocenters. The molecule has 0 atom stereocenters. The molecule has 0 bridgehead atoms. The lowest BCUT2D eigenvalue weighted by molar-refractivity contribution is 0.371. The van der Waals surface area contributed by atoms with Crippen LogP contribution in [0.1, 0.15) is 5.56 Å². The van der Waals surface area contributed by atoms with E-state index >= 15 is 0 Å². The minimum Gasteiger partial charge on any atom is -0.504 e. The van der Waals surface area contributed by atoms with Crippen LogP contribution in [0.4, 0.5) is 0 Å². The van der Waals surface area contributed by atoms with Gasteiger partial charge < -0.3 is 20.3 Å². The lowest BCUT2D eigenvalue weighted by Gasteiger charge is -2.07. The van der Waals surface area contributed by atoms with Gasteiger partial charge in [-0.25, -0.2) is 0 Å². The molecule has 5 heteroatoms. The number of fused-ring (bicyclic) bond motifs is 2. The van der Waals surface area contributed by atoms with Crippen LogP contribution in [0.3, 0.4) is 0 Å². The number of phenols is 3. The minimum absolute atomic E-state index is 0.110. The van der Waals surface area contributed by atoms with Crippen LogP contribution in [0.25, 0.3) is 21.8 Å². The fraction of sp³-hybridized carbons (Fsp3) is 0.0714. The number of pyridine rings is 1. The smallest absolute Gasteiger partial charge is 0.202 e. The largest absolute Gasteiger partial charge is 0.504 e. The minimum atomic E-state index is -0.643. The van der Waals surface area contributed by atoms with Gasteiger partial charge in [0.15, 0.2) is 16.9 Å². The molecule has 3 rings (SSSR count). The summed E-state index contributed by atoms with van der Waals surface area (Å²) in [5.41, 5.74) is 1.33. The maximum absolute atomic E-state index is 12.3. The molecule has 1 heterocycles. The Morgan fingerprint density at radius 3 is 2.47 bits per heavy atom. The van der Waals surface area contributed by atoms with Crippen molar-refractivity contribution in [3.8, 4) is 17.2 Å². The summed E-state index contributed by atoms with van der Waals surface area (Å²) < 4.78 is 0. The zero-order valence-corrected chi connectivity index (χ0v) is 10.1. The van der Waals surface area contributed by atoms with E-state index in [1.807, 2.05) is 13.0 Å². The number of rotatable bonds is 0. The number of hydrogen-bond acceptors (Lipinski definition) is 4. The van der Waals surface area contributed by atoms with Crippen molar-refractivity contribution in [2.24, 2.45) is 0 Å². The van der Waals surface area contributed by atoms with E-state index in [0.29, 0.717) is 10.9 Å². The summed E-state index contributed by atoms with van der Waals surface area (Å²) in [6.07, 6.45) is 0. The third-order valence-corrected chi connectivity index (χ3v) is 3.18. The predicted octanol–water partition coefficient (Wildman–Crippen LogP) is 2.11. The predicted molar refractivity (Wildman–Crippen MR) is 71.8 cm³/mol. The number of benzene rings is 2. The van der Waals surface area contributed by atoms with Crippen LogP contribution in [0, 0.1) is 6.92 Å². The highest BCUT2D eigenvalue weighted by molar-refractivity contribution is 5.97. The van der Waals surface area contributed by atoms with Crippen LogP contribution < -0.4 is 5.43 Å². The van der Waals surface area contributed by atoms with Crippen LogP contribution in [-0.2, 0) is 0 Å². The highest BCUT2D eigenvalue weighted by atomic mass is 16.3. The van der Waals surface area contributed by atoms with E-state index in [0.717, 1.165) is 11.6 Å². The zero-order chi connectivity index (χ0) is 13.7. The molecule has 0 aliphatic rings. The van der Waals surface area contributed by atoms with Gasteiger partial charge in [0.2, 0.25) is 5.75 Å². The fourth-order valence-corrected chi connectivity index (χ4v) is 2.19. The third-order valence-electron chi connectivity index (χ3n) is 3.18. The summed E-state index contributed by atoms with van der Waals surface area (Å²) in [6, 6.07) is 6.41. The van der Waals surface area contributed by atoms with Gasteiger partial charge in [-0.05, 0) is 30.7 Å². The van der Waals surface area contributed by atoms with Gasteiger partial charge >= 0.3 is 0 Å². The number of phenolic OH excluding ortho intramolecular Hbond substituents is 3. The maximum Gasteiger partial charge on any atom is 0.202 e. The van der Waals surface area contributed by atoms with Crippen molar-refractivity contribution in [2.75, 3.05) is 0 Å². The van der Waals surface area contributed by atoms with Gasteiger partial charge in [0.25, 0.3) is 0 Å². The Morgan fingerprint density at radius 2 is 1.74 bits per heavy atom. The number of nitrogens with one attached hydrogen (secondary N) is 1. The molecule has 0 spiro atoms. The molecular weight excluding hydrogens is 246 g/mol. The van der Waals surface area contributed by atoms with Gasteiger partial charge in [-0.15, -0.1) is 0 Å². The van der Waals surface area contributed by atoms with Crippen molar-refractivity contribution in [1.82, 2.24) is 4.98 Å². The molecule has 3 aromatic rings. The lowest BCUT2D eigenvalue weighted by Crippen LogP contribution is -2.04. The Kier molecular flexibility index (Phi) is 2.19. The van der Waals surface area contributed by atoms with Gasteiger partial charge in [0.1, 0.15) is 0 Å². The van der Waals surface area contributed by atoms with Gasteiger partial charge in [0, 0.05) is 5.39 Å². The Morgan fingerprint density at radius 1 is 1.00 bits per heavy atom. The highest BCUT2D eigenvalue weighted by Gasteiger charge is 2.15. The molecule has 0 aliphatic heterocycles. The second kappa shape index (κ2) is 3.65. The summed E-state index contributed by atoms with van der Waals surface area (Å²) in [6.45, 7) is 1.89. The molecule has 0 saturated carbocycles. The molecule has 4 N–H and O–H groups in total. The van der Waals surface area contributed by atoms with Crippen molar-refractivity contribution in [1.29, 1.82) is 0 Å². The first-order valence-electron chi connectivity index (χ1n) is 5.69. The molecule has 96 valence electrons. The molecule has 1 aromatic heterocycles. The van der Waals surface area contributed by atoms with Gasteiger partial charge in [-0.3, -0.25) is 4.79 Å². The quantitative estimate of drug-likeness (QED) is 0.366. The standard InChI is InChI=1S/C14H11NO4/c1-6-2-3-7-9(4-6)15-11-8(12(7)17)5-10(16)13(18)14(11)19/h2-5,16,18-19H,1H3,(H,15,17). The molecule has 0 fully saturated rings. The van der Waals surface area contributed by atoms with E-state index in [1.54, 1.807) is 12.1 Å². The second-order valence-corrected chi connectivity index (χ2v) is 4.52. The fourth-order valence-electron chi connectivity index (χ4n) is 2.19. The maximum atomic E-state index is 12.3. The Labute approximate surface area is 107 Å². The Balaban J connectivity index is 2.62. The summed E-state index contributed by atoms with van der Waals surface area (Å²) in [4.78, 5) is 15.2. The van der Waals surface area contributed by atoms with E-state index in [9.17, 15) is 20.1 Å². The summed E-state index contributed by atoms with van der Waals surface area (Å²) in [5, 5.41) is 29.4. The van der Waals surface area contributed by atoms with Crippen LogP contribution >= 0.6 is 0 Å². The summed E-state index contributed by atoms with van der Waals surface area (Å²) >= 11 is 0. The lowest BCUT2D eigenvalue weighted by atomic mass is 10.1. The number of aromatic nitrogens is 1. The van der Waals surface area contributed by atoms with E-state index in [1.165, 1.54) is 0 Å². The van der Waals surface area contributed by atoms with Crippen molar-refractivity contribution in [2.45, 2.75) is 6.92 Å². The normalized spacial score (nSPS) is 11.2. The number of hydrogen-bond donors (Lipinski definition) is 4. The zero-order valence-electron chi connectivity index (χ0n) is 10.1. The summed E-state index contributed by atoms with van der Waals surface area (Å²) in [7, 11) is 0. The number of aryl methyl sites for hydroxylation is 1. The topological polar surface area (TPSA) is 93.6 Å². The Bertz CT molecular complexity index is 880. The monoisotopic (exact) mass is 257 g/mol. The van der Waals surface area contributed by atoms with E-state index < -0.39 is 17.2 Å². The number of H-pyrrole nitrogens is 1. The number of aromatic hydroxyl groups is 3. The van der Waals surface area contributed by atoms with Crippen LogP contribution in [0.2, 0.25) is 0 Å². The van der Waals surface area contributed by atoms with Gasteiger partial charge in [-0.1, -0.05) is 6.07 Å². The first kappa shape index (κ1) is 11.4. The van der Waals surface area contributed by atoms with Gasteiger partial charge in [-0.2, -0.15) is 0 Å². The SMILES string of the molecule is Cc1ccc2c(=O)c3cc(O)c(O)c(O)c3[nH]c2c1. The highest BCUT2D eigenvalue weighted by Crippen LogP contribution is 2.39. The van der Waals surface area contributed by atoms with Crippen LogP contribution in [-0.4, -0.2) is 20.3 Å². The average Bonchev–Trinajstić information content (AvgIpc) is 2.38. The Hall–Kier alpha value is -2.69. The van der Waals surface area contributed by atoms with Crippen molar-refractivity contribution >= 4 is 21.8 Å². The molecule has 0 amide bonds. The average molecular weight is 257 g/mol. The van der Waals surface area contributed by atoms with Crippen LogP contribution in [0.5, 0.6) is 17.2 Å². The van der Waals surface area contributed by atoms with Crippen LogP contribution in [0.15, 0.2) is 29.1 Å². The van der Waals surface area contributed by atoms with Crippen molar-refractivity contribution in [3.05, 3.63) is 40.1 Å². The van der Waals surface area contributed by atoms with Crippen molar-refractivity contribution in [3.63, 3.8) is 0 Å². The molecule has 0 radical (unpaired) electrons. The van der Waals surface area contributed by atoms with E-state index in [4.69, 9.17) is 0 Å². The molecule has 0 aliphatic carbocycles. The molecular formula is C14H11NO4.